The van der Waals surface area contributed by atoms with Gasteiger partial charge in [0.15, 0.2) is 0 Å². The van der Waals surface area contributed by atoms with E-state index in [4.69, 9.17) is 0 Å². The third-order valence-electron chi connectivity index (χ3n) is 12.5. The lowest BCUT2D eigenvalue weighted by atomic mass is 9.80. The molecular weight excluding hydrogens is 637 g/mol. The smallest absolute Gasteiger partial charge is 0.0159 e. The highest BCUT2D eigenvalue weighted by Gasteiger charge is 2.36. The summed E-state index contributed by atoms with van der Waals surface area (Å²) in [4.78, 5) is 0. The van der Waals surface area contributed by atoms with Crippen LogP contribution >= 0.6 is 0 Å². The van der Waals surface area contributed by atoms with Crippen LogP contribution in [0.1, 0.15) is 51.3 Å². The Morgan fingerprint density at radius 2 is 0.887 bits per heavy atom. The van der Waals surface area contributed by atoms with Crippen LogP contribution in [-0.4, -0.2) is 0 Å². The van der Waals surface area contributed by atoms with Crippen molar-refractivity contribution in [3.8, 4) is 33.4 Å². The van der Waals surface area contributed by atoms with E-state index in [2.05, 4.69) is 186 Å². The second kappa shape index (κ2) is 10.6. The summed E-state index contributed by atoms with van der Waals surface area (Å²) in [5, 5.41) is 15.9. The first kappa shape index (κ1) is 30.6. The fourth-order valence-corrected chi connectivity index (χ4v) is 9.68. The minimum absolute atomic E-state index is 0.101. The fraction of sp³-hybridized carbons (Fsp3) is 0.132. The molecule has 10 aromatic carbocycles. The summed E-state index contributed by atoms with van der Waals surface area (Å²) in [6, 6.07) is 57.9. The predicted octanol–water partition coefficient (Wildman–Crippen LogP) is 15.0. The Balaban J connectivity index is 1.06. The van der Waals surface area contributed by atoms with Gasteiger partial charge in [0.2, 0.25) is 0 Å². The highest BCUT2D eigenvalue weighted by atomic mass is 14.4. The number of hydrogen-bond acceptors (Lipinski definition) is 0. The van der Waals surface area contributed by atoms with Crippen LogP contribution in [0.25, 0.3) is 98.0 Å². The quantitative estimate of drug-likeness (QED) is 0.160. The molecule has 0 heterocycles. The van der Waals surface area contributed by atoms with Crippen molar-refractivity contribution in [3.63, 3.8) is 0 Å². The first-order chi connectivity index (χ1) is 25.6. The lowest BCUT2D eigenvalue weighted by molar-refractivity contribution is 0.591. The second-order valence-corrected chi connectivity index (χ2v) is 16.9. The SMILES string of the molecule is CC(C)(C)c1cc2ccc3ccc(-c4ccc5c(c4)C(C)(C)c4cc(-c6cc7c8ccccc8ccc7c7ccccc67)ccc4-5)c4ccc(c1)c2c34. The van der Waals surface area contributed by atoms with E-state index in [1.807, 2.05) is 0 Å². The summed E-state index contributed by atoms with van der Waals surface area (Å²) in [5.74, 6) is 0. The third-order valence-corrected chi connectivity index (χ3v) is 12.5. The Labute approximate surface area is 310 Å². The van der Waals surface area contributed by atoms with Gasteiger partial charge in [-0.15, -0.1) is 0 Å². The van der Waals surface area contributed by atoms with Gasteiger partial charge in [0.05, 0.1) is 0 Å². The molecule has 0 bridgehead atoms. The molecule has 11 rings (SSSR count). The van der Waals surface area contributed by atoms with Crippen LogP contribution in [0.2, 0.25) is 0 Å². The van der Waals surface area contributed by atoms with Crippen molar-refractivity contribution >= 4 is 64.6 Å². The second-order valence-electron chi connectivity index (χ2n) is 16.9. The lowest BCUT2D eigenvalue weighted by Gasteiger charge is -2.23. The van der Waals surface area contributed by atoms with Crippen molar-refractivity contribution in [1.29, 1.82) is 0 Å². The lowest BCUT2D eigenvalue weighted by Crippen LogP contribution is -2.15. The first-order valence-corrected chi connectivity index (χ1v) is 19.0. The van der Waals surface area contributed by atoms with E-state index < -0.39 is 0 Å². The van der Waals surface area contributed by atoms with E-state index >= 15 is 0 Å². The molecule has 53 heavy (non-hydrogen) atoms. The fourth-order valence-electron chi connectivity index (χ4n) is 9.68. The van der Waals surface area contributed by atoms with E-state index in [9.17, 15) is 0 Å². The average molecular weight is 677 g/mol. The number of benzene rings is 10. The molecule has 0 radical (unpaired) electrons. The molecule has 0 spiro atoms. The van der Waals surface area contributed by atoms with Crippen LogP contribution in [0, 0.1) is 0 Å². The topological polar surface area (TPSA) is 0 Å². The van der Waals surface area contributed by atoms with Crippen LogP contribution in [0.4, 0.5) is 0 Å². The molecule has 0 aromatic heterocycles. The molecular formula is C53H40. The van der Waals surface area contributed by atoms with Gasteiger partial charge in [-0.2, -0.15) is 0 Å². The summed E-state index contributed by atoms with van der Waals surface area (Å²) >= 11 is 0. The van der Waals surface area contributed by atoms with Crippen LogP contribution in [0.5, 0.6) is 0 Å². The van der Waals surface area contributed by atoms with E-state index in [-0.39, 0.29) is 10.8 Å². The molecule has 0 N–H and O–H groups in total. The molecule has 10 aromatic rings. The van der Waals surface area contributed by atoms with E-state index in [1.54, 1.807) is 0 Å². The zero-order valence-corrected chi connectivity index (χ0v) is 30.9. The van der Waals surface area contributed by atoms with Gasteiger partial charge in [-0.05, 0) is 138 Å². The number of hydrogen-bond donors (Lipinski definition) is 0. The molecule has 0 heteroatoms. The minimum atomic E-state index is -0.150. The van der Waals surface area contributed by atoms with Gasteiger partial charge in [-0.3, -0.25) is 0 Å². The Morgan fingerprint density at radius 1 is 0.358 bits per heavy atom. The largest absolute Gasteiger partial charge is 0.0616 e. The molecule has 252 valence electrons. The van der Waals surface area contributed by atoms with Crippen molar-refractivity contribution in [1.82, 2.24) is 0 Å². The van der Waals surface area contributed by atoms with Crippen molar-refractivity contribution in [2.75, 3.05) is 0 Å². The van der Waals surface area contributed by atoms with Crippen molar-refractivity contribution in [3.05, 3.63) is 168 Å². The summed E-state index contributed by atoms with van der Waals surface area (Å²) in [5.41, 5.74) is 12.0. The van der Waals surface area contributed by atoms with Gasteiger partial charge < -0.3 is 0 Å². The summed E-state index contributed by atoms with van der Waals surface area (Å²) in [6.07, 6.45) is 0. The van der Waals surface area contributed by atoms with Crippen molar-refractivity contribution in [2.24, 2.45) is 0 Å². The molecule has 0 fully saturated rings. The first-order valence-electron chi connectivity index (χ1n) is 19.0. The Bertz CT molecular complexity index is 3150. The van der Waals surface area contributed by atoms with Crippen LogP contribution in [0.15, 0.2) is 152 Å². The summed E-state index contributed by atoms with van der Waals surface area (Å²) in [6.45, 7) is 11.7. The van der Waals surface area contributed by atoms with E-state index in [0.717, 1.165) is 0 Å². The van der Waals surface area contributed by atoms with Gasteiger partial charge in [0.25, 0.3) is 0 Å². The van der Waals surface area contributed by atoms with Gasteiger partial charge in [0.1, 0.15) is 0 Å². The van der Waals surface area contributed by atoms with Crippen LogP contribution in [0.3, 0.4) is 0 Å². The molecule has 0 amide bonds. The molecule has 1 aliphatic carbocycles. The van der Waals surface area contributed by atoms with Crippen molar-refractivity contribution < 1.29 is 0 Å². The van der Waals surface area contributed by atoms with E-state index in [1.165, 1.54) is 115 Å². The van der Waals surface area contributed by atoms with Gasteiger partial charge in [0, 0.05) is 5.41 Å². The van der Waals surface area contributed by atoms with Gasteiger partial charge in [-0.25, -0.2) is 0 Å². The number of fused-ring (bicyclic) bond motifs is 8. The van der Waals surface area contributed by atoms with E-state index in [0.29, 0.717) is 0 Å². The predicted molar refractivity (Wildman–Crippen MR) is 230 cm³/mol. The Kier molecular flexibility index (Phi) is 6.10. The molecule has 0 nitrogen and oxygen atoms in total. The maximum absolute atomic E-state index is 2.48. The zero-order valence-electron chi connectivity index (χ0n) is 30.9. The molecule has 0 saturated heterocycles. The molecule has 1 aliphatic rings. The Morgan fingerprint density at radius 3 is 1.60 bits per heavy atom. The third kappa shape index (κ3) is 4.30. The monoisotopic (exact) mass is 676 g/mol. The Hall–Kier alpha value is -5.98. The van der Waals surface area contributed by atoms with Crippen molar-refractivity contribution in [2.45, 2.75) is 45.4 Å². The van der Waals surface area contributed by atoms with Crippen LogP contribution in [-0.2, 0) is 10.8 Å². The highest BCUT2D eigenvalue weighted by molar-refractivity contribution is 6.26. The molecule has 0 unspecified atom stereocenters. The molecule has 0 aliphatic heterocycles. The minimum Gasteiger partial charge on any atom is -0.0616 e. The molecule has 0 saturated carbocycles. The summed E-state index contributed by atoms with van der Waals surface area (Å²) < 4.78 is 0. The maximum atomic E-state index is 2.48. The average Bonchev–Trinajstić information content (AvgIpc) is 3.40. The van der Waals surface area contributed by atoms with Crippen LogP contribution < -0.4 is 0 Å². The zero-order chi connectivity index (χ0) is 35.8. The maximum Gasteiger partial charge on any atom is 0.0159 e. The van der Waals surface area contributed by atoms with Gasteiger partial charge in [-0.1, -0.05) is 168 Å². The van der Waals surface area contributed by atoms with Gasteiger partial charge >= 0.3 is 0 Å². The normalized spacial score (nSPS) is 13.9. The summed E-state index contributed by atoms with van der Waals surface area (Å²) in [7, 11) is 0. The standard InChI is InChI=1S/C53H40/c1-52(2,3)37-26-35-15-14-32-17-21-39(45-25-20-36(27-37)50(35)51(32)45)33-18-23-43-44-24-19-34(29-49(44)53(4,5)48(43)28-33)46-30-47-38-11-7-6-10-31(38)16-22-42(47)40-12-8-9-13-41(40)46/h6-30H,1-5H3. The highest BCUT2D eigenvalue weighted by Crippen LogP contribution is 2.52. The number of rotatable bonds is 2. The molecule has 0 atom stereocenters.